The van der Waals surface area contributed by atoms with E-state index in [1.807, 2.05) is 19.1 Å². The van der Waals surface area contributed by atoms with Crippen LogP contribution >= 0.6 is 0 Å². The fourth-order valence-electron chi connectivity index (χ4n) is 2.38. The molecule has 6 nitrogen and oxygen atoms in total. The van der Waals surface area contributed by atoms with Gasteiger partial charge in [-0.15, -0.1) is 0 Å². The number of aromatic nitrogens is 3. The highest BCUT2D eigenvalue weighted by Crippen LogP contribution is 2.31. The van der Waals surface area contributed by atoms with Crippen molar-refractivity contribution in [1.29, 1.82) is 0 Å². The average molecular weight is 299 g/mol. The van der Waals surface area contributed by atoms with Crippen LogP contribution in [-0.2, 0) is 6.42 Å². The Morgan fingerprint density at radius 1 is 1.45 bits per heavy atom. The van der Waals surface area contributed by atoms with Gasteiger partial charge in [-0.3, -0.25) is 4.79 Å². The predicted octanol–water partition coefficient (Wildman–Crippen LogP) is 1.54. The molecule has 1 saturated carbocycles. The summed E-state index contributed by atoms with van der Waals surface area (Å²) in [5.41, 5.74) is 7.49. The summed E-state index contributed by atoms with van der Waals surface area (Å²) in [6.45, 7) is 2.71. The van der Waals surface area contributed by atoms with E-state index in [-0.39, 0.29) is 11.6 Å². The standard InChI is InChI=1S/C16H21N5O/c1-2-12-7-15(22)21-16(20-12)11-5-6-14(18-8-11)19-9-13(17)10-3-4-10/h5-8,10,13H,2-4,9,17H2,1H3,(H,18,19)(H,20,21,22). The van der Waals surface area contributed by atoms with Crippen LogP contribution in [0.5, 0.6) is 0 Å². The molecule has 0 aliphatic heterocycles. The van der Waals surface area contributed by atoms with E-state index in [4.69, 9.17) is 5.73 Å². The van der Waals surface area contributed by atoms with Gasteiger partial charge >= 0.3 is 0 Å². The Morgan fingerprint density at radius 2 is 2.27 bits per heavy atom. The van der Waals surface area contributed by atoms with Crippen molar-refractivity contribution in [1.82, 2.24) is 15.0 Å². The molecule has 1 unspecified atom stereocenters. The fraction of sp³-hybridized carbons (Fsp3) is 0.438. The van der Waals surface area contributed by atoms with Crippen LogP contribution in [-0.4, -0.2) is 27.5 Å². The van der Waals surface area contributed by atoms with Gasteiger partial charge < -0.3 is 16.0 Å². The molecule has 1 aliphatic carbocycles. The van der Waals surface area contributed by atoms with Gasteiger partial charge in [0.05, 0.1) is 0 Å². The van der Waals surface area contributed by atoms with Gasteiger partial charge in [0.1, 0.15) is 11.6 Å². The van der Waals surface area contributed by atoms with Gasteiger partial charge in [0.15, 0.2) is 0 Å². The van der Waals surface area contributed by atoms with Gasteiger partial charge in [-0.1, -0.05) is 6.92 Å². The first-order valence-electron chi connectivity index (χ1n) is 7.72. The molecule has 0 radical (unpaired) electrons. The molecule has 4 N–H and O–H groups in total. The van der Waals surface area contributed by atoms with Crippen molar-refractivity contribution in [2.24, 2.45) is 11.7 Å². The molecule has 6 heteroatoms. The third-order valence-corrected chi connectivity index (χ3v) is 3.94. The lowest BCUT2D eigenvalue weighted by atomic mass is 10.2. The van der Waals surface area contributed by atoms with Gasteiger partial charge in [0.2, 0.25) is 0 Å². The quantitative estimate of drug-likeness (QED) is 0.752. The molecule has 0 aromatic carbocycles. The number of nitrogens with two attached hydrogens (primary N) is 1. The summed E-state index contributed by atoms with van der Waals surface area (Å²) in [7, 11) is 0. The Hall–Kier alpha value is -2.21. The van der Waals surface area contributed by atoms with Gasteiger partial charge in [-0.05, 0) is 37.3 Å². The Bertz CT molecular complexity index is 690. The lowest BCUT2D eigenvalue weighted by Gasteiger charge is -2.12. The van der Waals surface area contributed by atoms with E-state index in [1.54, 1.807) is 6.20 Å². The van der Waals surface area contributed by atoms with Gasteiger partial charge in [0, 0.05) is 36.1 Å². The van der Waals surface area contributed by atoms with Crippen molar-refractivity contribution in [3.05, 3.63) is 40.4 Å². The maximum Gasteiger partial charge on any atom is 0.251 e. The van der Waals surface area contributed by atoms with Crippen LogP contribution in [0.1, 0.15) is 25.5 Å². The number of anilines is 1. The summed E-state index contributed by atoms with van der Waals surface area (Å²) in [5, 5.41) is 3.25. The van der Waals surface area contributed by atoms with E-state index >= 15 is 0 Å². The number of hydrogen-bond donors (Lipinski definition) is 3. The minimum atomic E-state index is -0.139. The normalized spacial score (nSPS) is 15.5. The van der Waals surface area contributed by atoms with Crippen LogP contribution in [0.2, 0.25) is 0 Å². The zero-order chi connectivity index (χ0) is 15.5. The first-order chi connectivity index (χ1) is 10.7. The summed E-state index contributed by atoms with van der Waals surface area (Å²) in [5.74, 6) is 2.00. The van der Waals surface area contributed by atoms with Crippen molar-refractivity contribution >= 4 is 5.82 Å². The highest BCUT2D eigenvalue weighted by molar-refractivity contribution is 5.55. The van der Waals surface area contributed by atoms with Crippen LogP contribution in [0.25, 0.3) is 11.4 Å². The van der Waals surface area contributed by atoms with Gasteiger partial charge in [-0.2, -0.15) is 0 Å². The minimum Gasteiger partial charge on any atom is -0.369 e. The number of nitrogens with zero attached hydrogens (tertiary/aromatic N) is 2. The molecular weight excluding hydrogens is 278 g/mol. The minimum absolute atomic E-state index is 0.139. The van der Waals surface area contributed by atoms with E-state index in [9.17, 15) is 4.79 Å². The average Bonchev–Trinajstić information content (AvgIpc) is 3.37. The van der Waals surface area contributed by atoms with E-state index in [1.165, 1.54) is 18.9 Å². The van der Waals surface area contributed by atoms with Crippen LogP contribution in [0.15, 0.2) is 29.2 Å². The number of aryl methyl sites for hydroxylation is 1. The Balaban J connectivity index is 1.70. The zero-order valence-corrected chi connectivity index (χ0v) is 12.7. The van der Waals surface area contributed by atoms with E-state index < -0.39 is 0 Å². The molecule has 2 aromatic rings. The number of pyridine rings is 1. The number of aromatic amines is 1. The van der Waals surface area contributed by atoms with E-state index in [2.05, 4.69) is 20.3 Å². The molecule has 0 amide bonds. The molecule has 0 saturated heterocycles. The monoisotopic (exact) mass is 299 g/mol. The number of nitrogens with one attached hydrogen (secondary N) is 2. The topological polar surface area (TPSA) is 96.7 Å². The van der Waals surface area contributed by atoms with Gasteiger partial charge in [-0.25, -0.2) is 9.97 Å². The molecular formula is C16H21N5O. The number of hydrogen-bond acceptors (Lipinski definition) is 5. The highest BCUT2D eigenvalue weighted by Gasteiger charge is 2.28. The van der Waals surface area contributed by atoms with Crippen molar-refractivity contribution < 1.29 is 0 Å². The predicted molar refractivity (Wildman–Crippen MR) is 86.7 cm³/mol. The maximum atomic E-state index is 11.6. The van der Waals surface area contributed by atoms with Crippen LogP contribution in [0.4, 0.5) is 5.82 Å². The molecule has 0 bridgehead atoms. The molecule has 1 atom stereocenters. The smallest absolute Gasteiger partial charge is 0.251 e. The fourth-order valence-corrected chi connectivity index (χ4v) is 2.38. The van der Waals surface area contributed by atoms with Crippen molar-refractivity contribution in [2.75, 3.05) is 11.9 Å². The molecule has 1 aliphatic rings. The molecule has 3 rings (SSSR count). The second-order valence-electron chi connectivity index (χ2n) is 5.75. The highest BCUT2D eigenvalue weighted by atomic mass is 16.1. The molecule has 116 valence electrons. The maximum absolute atomic E-state index is 11.6. The van der Waals surface area contributed by atoms with E-state index in [0.717, 1.165) is 30.0 Å². The first kappa shape index (κ1) is 14.7. The Morgan fingerprint density at radius 3 is 2.91 bits per heavy atom. The summed E-state index contributed by atoms with van der Waals surface area (Å²) < 4.78 is 0. The van der Waals surface area contributed by atoms with Crippen molar-refractivity contribution in [3.63, 3.8) is 0 Å². The van der Waals surface area contributed by atoms with E-state index in [0.29, 0.717) is 11.7 Å². The van der Waals surface area contributed by atoms with Crippen LogP contribution in [0, 0.1) is 5.92 Å². The van der Waals surface area contributed by atoms with Gasteiger partial charge in [0.25, 0.3) is 5.56 Å². The summed E-state index contributed by atoms with van der Waals surface area (Å²) >= 11 is 0. The molecule has 22 heavy (non-hydrogen) atoms. The number of H-pyrrole nitrogens is 1. The molecule has 0 spiro atoms. The zero-order valence-electron chi connectivity index (χ0n) is 12.7. The van der Waals surface area contributed by atoms with Crippen molar-refractivity contribution in [3.8, 4) is 11.4 Å². The number of rotatable bonds is 6. The largest absolute Gasteiger partial charge is 0.369 e. The second-order valence-corrected chi connectivity index (χ2v) is 5.75. The third-order valence-electron chi connectivity index (χ3n) is 3.94. The Labute approximate surface area is 129 Å². The lowest BCUT2D eigenvalue weighted by Crippen LogP contribution is -2.31. The molecule has 1 fully saturated rings. The molecule has 2 heterocycles. The van der Waals surface area contributed by atoms with Crippen LogP contribution in [0.3, 0.4) is 0 Å². The Kier molecular flexibility index (Phi) is 4.20. The SMILES string of the molecule is CCc1cc(=O)[nH]c(-c2ccc(NCC(N)C3CC3)nc2)n1. The first-order valence-corrected chi connectivity index (χ1v) is 7.72. The lowest BCUT2D eigenvalue weighted by molar-refractivity contribution is 0.620. The van der Waals surface area contributed by atoms with Crippen LogP contribution < -0.4 is 16.6 Å². The third kappa shape index (κ3) is 3.51. The second kappa shape index (κ2) is 6.27. The molecule has 2 aromatic heterocycles. The summed E-state index contributed by atoms with van der Waals surface area (Å²) in [6.07, 6.45) is 4.91. The summed E-state index contributed by atoms with van der Waals surface area (Å²) in [4.78, 5) is 23.1. The summed E-state index contributed by atoms with van der Waals surface area (Å²) in [6, 6.07) is 5.50. The van der Waals surface area contributed by atoms with Crippen molar-refractivity contribution in [2.45, 2.75) is 32.2 Å².